The van der Waals surface area contributed by atoms with Crippen LogP contribution in [0, 0.1) is 5.92 Å². The van der Waals surface area contributed by atoms with Crippen LogP contribution < -0.4 is 0 Å². The number of rotatable bonds is 4. The van der Waals surface area contributed by atoms with Crippen LogP contribution in [0.4, 0.5) is 0 Å². The fraction of sp³-hybridized carbons (Fsp3) is 0.0714. The van der Waals surface area contributed by atoms with Gasteiger partial charge in [-0.2, -0.15) is 0 Å². The number of benzene rings is 3. The highest BCUT2D eigenvalue weighted by Crippen LogP contribution is 2.55. The first-order valence-corrected chi connectivity index (χ1v) is 11.2. The molecule has 0 saturated heterocycles. The number of aliphatic hydroxyl groups is 1. The van der Waals surface area contributed by atoms with Gasteiger partial charge in [0.25, 0.3) is 0 Å². The second-order valence-electron chi connectivity index (χ2n) is 9.04. The van der Waals surface area contributed by atoms with E-state index in [0.717, 1.165) is 30.3 Å². The summed E-state index contributed by atoms with van der Waals surface area (Å²) < 4.78 is 0. The second kappa shape index (κ2) is 8.43. The topological polar surface area (TPSA) is 196 Å². The first-order valence-electron chi connectivity index (χ1n) is 11.2. The van der Waals surface area contributed by atoms with E-state index < -0.39 is 40.3 Å². The molecule has 0 bridgehead atoms. The van der Waals surface area contributed by atoms with Crippen LogP contribution in [0.2, 0.25) is 0 Å². The molecule has 0 amide bonds. The van der Waals surface area contributed by atoms with Gasteiger partial charge in [0.05, 0.1) is 5.92 Å². The van der Waals surface area contributed by atoms with Crippen molar-refractivity contribution in [3.63, 3.8) is 0 Å². The van der Waals surface area contributed by atoms with Gasteiger partial charge in [-0.15, -0.1) is 0 Å². The summed E-state index contributed by atoms with van der Waals surface area (Å²) in [6.45, 7) is 0. The van der Waals surface area contributed by atoms with Crippen LogP contribution in [-0.4, -0.2) is 58.0 Å². The van der Waals surface area contributed by atoms with Gasteiger partial charge < -0.3 is 40.9 Å². The van der Waals surface area contributed by atoms with Crippen molar-refractivity contribution < 1.29 is 50.4 Å². The van der Waals surface area contributed by atoms with Crippen LogP contribution in [-0.2, 0) is 9.59 Å². The van der Waals surface area contributed by atoms with Crippen LogP contribution >= 0.6 is 0 Å². The standard InChI is InChI=1S/C28H20O10/c29-16-3-12(4-17(30)10-16)1-2-13-9-22(35)28(38)25(13)23(14-5-18(31)11-19(32)6-14)24(27(28)37)15-7-20(33)26(36)21(34)8-15/h1-11,25,29-34,36,38H/t25-,28+/m0/s1. The Balaban J connectivity index is 1.76. The number of hydrogen-bond donors (Lipinski definition) is 8. The lowest BCUT2D eigenvalue weighted by molar-refractivity contribution is -0.143. The Kier molecular flexibility index (Phi) is 5.43. The molecule has 3 aromatic rings. The second-order valence-corrected chi connectivity index (χ2v) is 9.04. The third-order valence-corrected chi connectivity index (χ3v) is 6.52. The molecular weight excluding hydrogens is 496 g/mol. The van der Waals surface area contributed by atoms with Crippen molar-refractivity contribution in [2.75, 3.05) is 0 Å². The third-order valence-electron chi connectivity index (χ3n) is 6.52. The van der Waals surface area contributed by atoms with Gasteiger partial charge in [0.15, 0.2) is 23.0 Å². The van der Waals surface area contributed by atoms with Crippen LogP contribution in [0.5, 0.6) is 40.2 Å². The first-order chi connectivity index (χ1) is 17.9. The molecule has 10 nitrogen and oxygen atoms in total. The number of allylic oxidation sites excluding steroid dienone is 1. The maximum Gasteiger partial charge on any atom is 0.204 e. The molecule has 2 aliphatic carbocycles. The Bertz CT molecular complexity index is 1580. The van der Waals surface area contributed by atoms with Crippen molar-refractivity contribution in [2.45, 2.75) is 5.60 Å². The van der Waals surface area contributed by atoms with Crippen molar-refractivity contribution in [2.24, 2.45) is 5.92 Å². The predicted octanol–water partition coefficient (Wildman–Crippen LogP) is 2.69. The fourth-order valence-electron chi connectivity index (χ4n) is 4.95. The van der Waals surface area contributed by atoms with E-state index in [1.54, 1.807) is 0 Å². The van der Waals surface area contributed by atoms with Crippen molar-refractivity contribution >= 4 is 28.8 Å². The Morgan fingerprint density at radius 2 is 1.18 bits per heavy atom. The normalized spacial score (nSPS) is 20.9. The maximum absolute atomic E-state index is 13.7. The highest BCUT2D eigenvalue weighted by molar-refractivity contribution is 6.43. The van der Waals surface area contributed by atoms with Gasteiger partial charge in [-0.1, -0.05) is 12.2 Å². The van der Waals surface area contributed by atoms with E-state index >= 15 is 0 Å². The molecule has 8 N–H and O–H groups in total. The fourth-order valence-corrected chi connectivity index (χ4v) is 4.95. The van der Waals surface area contributed by atoms with Crippen molar-refractivity contribution in [1.29, 1.82) is 0 Å². The quantitative estimate of drug-likeness (QED) is 0.189. The molecule has 0 aliphatic heterocycles. The minimum Gasteiger partial charge on any atom is -0.508 e. The molecule has 0 heterocycles. The molecule has 38 heavy (non-hydrogen) atoms. The number of fused-ring (bicyclic) bond motifs is 1. The Labute approximate surface area is 214 Å². The largest absolute Gasteiger partial charge is 0.508 e. The summed E-state index contributed by atoms with van der Waals surface area (Å²) in [7, 11) is 0. The molecule has 0 spiro atoms. The van der Waals surface area contributed by atoms with Gasteiger partial charge in [-0.25, -0.2) is 0 Å². The molecule has 0 fully saturated rings. The summed E-state index contributed by atoms with van der Waals surface area (Å²) in [4.78, 5) is 26.8. The summed E-state index contributed by atoms with van der Waals surface area (Å²) >= 11 is 0. The lowest BCUT2D eigenvalue weighted by Crippen LogP contribution is -2.45. The first kappa shape index (κ1) is 24.5. The molecule has 10 heteroatoms. The zero-order valence-corrected chi connectivity index (χ0v) is 19.3. The average Bonchev–Trinajstić information content (AvgIpc) is 3.22. The molecule has 0 radical (unpaired) electrons. The molecule has 192 valence electrons. The van der Waals surface area contributed by atoms with Gasteiger partial charge in [-0.05, 0) is 70.3 Å². The number of phenols is 7. The lowest BCUT2D eigenvalue weighted by Gasteiger charge is -2.23. The van der Waals surface area contributed by atoms with E-state index in [2.05, 4.69) is 0 Å². The molecule has 3 aromatic carbocycles. The SMILES string of the molecule is O=C1C=C(C=Cc2cc(O)cc(O)c2)[C@H]2C(c3cc(O)cc(O)c3)=C(c3cc(O)c(O)c(O)c3)C(=O)[C@@]12O. The number of aromatic hydroxyl groups is 7. The van der Waals surface area contributed by atoms with Gasteiger partial charge in [0, 0.05) is 17.7 Å². The summed E-state index contributed by atoms with van der Waals surface area (Å²) in [5.41, 5.74) is -2.53. The van der Waals surface area contributed by atoms with Crippen molar-refractivity contribution in [3.8, 4) is 40.2 Å². The van der Waals surface area contributed by atoms with Crippen molar-refractivity contribution in [3.05, 3.63) is 82.9 Å². The van der Waals surface area contributed by atoms with Crippen LogP contribution in [0.25, 0.3) is 17.2 Å². The molecule has 2 aliphatic rings. The number of hydrogen-bond acceptors (Lipinski definition) is 10. The van der Waals surface area contributed by atoms with Crippen LogP contribution in [0.3, 0.4) is 0 Å². The number of carbonyl (C=O) groups is 2. The summed E-state index contributed by atoms with van der Waals surface area (Å²) in [5, 5.41) is 81.3. The monoisotopic (exact) mass is 516 g/mol. The van der Waals surface area contributed by atoms with Crippen LogP contribution in [0.1, 0.15) is 16.7 Å². The van der Waals surface area contributed by atoms with E-state index in [0.29, 0.717) is 5.56 Å². The smallest absolute Gasteiger partial charge is 0.204 e. The number of carbonyl (C=O) groups excluding carboxylic acids is 2. The zero-order valence-electron chi connectivity index (χ0n) is 19.3. The van der Waals surface area contributed by atoms with Crippen molar-refractivity contribution in [1.82, 2.24) is 0 Å². The van der Waals surface area contributed by atoms with E-state index in [1.807, 2.05) is 0 Å². The third kappa shape index (κ3) is 3.71. The Morgan fingerprint density at radius 1 is 0.658 bits per heavy atom. The summed E-state index contributed by atoms with van der Waals surface area (Å²) in [6.07, 6.45) is 3.90. The molecule has 5 rings (SSSR count). The Morgan fingerprint density at radius 3 is 1.74 bits per heavy atom. The zero-order chi connectivity index (χ0) is 27.5. The maximum atomic E-state index is 13.7. The molecule has 0 aromatic heterocycles. The highest BCUT2D eigenvalue weighted by atomic mass is 16.3. The van der Waals surface area contributed by atoms with Gasteiger partial charge in [0.1, 0.15) is 23.0 Å². The van der Waals surface area contributed by atoms with E-state index in [1.165, 1.54) is 36.4 Å². The minimum absolute atomic E-state index is 0.00584. The molecule has 0 unspecified atom stereocenters. The van der Waals surface area contributed by atoms with E-state index in [4.69, 9.17) is 0 Å². The van der Waals surface area contributed by atoms with E-state index in [9.17, 15) is 50.4 Å². The lowest BCUT2D eigenvalue weighted by atomic mass is 9.82. The number of ketones is 2. The molecular formula is C28H20O10. The van der Waals surface area contributed by atoms with Gasteiger partial charge in [0.2, 0.25) is 11.4 Å². The molecule has 0 saturated carbocycles. The number of phenolic OH excluding ortho intramolecular Hbond substituents is 7. The van der Waals surface area contributed by atoms with Gasteiger partial charge in [-0.3, -0.25) is 9.59 Å². The minimum atomic E-state index is -2.63. The number of Topliss-reactive ketones (excluding diaryl/α,β-unsaturated/α-hetero) is 1. The Hall–Kier alpha value is -5.22. The summed E-state index contributed by atoms with van der Waals surface area (Å²) in [6, 6.07) is 9.15. The highest BCUT2D eigenvalue weighted by Gasteiger charge is 2.62. The predicted molar refractivity (Wildman–Crippen MR) is 133 cm³/mol. The summed E-state index contributed by atoms with van der Waals surface area (Å²) in [5.74, 6) is -6.96. The molecule has 2 atom stereocenters. The van der Waals surface area contributed by atoms with Gasteiger partial charge >= 0.3 is 0 Å². The van der Waals surface area contributed by atoms with Crippen LogP contribution in [0.15, 0.2) is 66.3 Å². The average molecular weight is 516 g/mol. The van der Waals surface area contributed by atoms with E-state index in [-0.39, 0.29) is 50.8 Å².